The van der Waals surface area contributed by atoms with Crippen molar-refractivity contribution in [2.75, 3.05) is 0 Å². The average Bonchev–Trinajstić information content (AvgIpc) is 2.89. The van der Waals surface area contributed by atoms with E-state index in [1.54, 1.807) is 24.3 Å². The predicted molar refractivity (Wildman–Crippen MR) is 154 cm³/mol. The Hall–Kier alpha value is -3.70. The van der Waals surface area contributed by atoms with Crippen molar-refractivity contribution in [1.82, 2.24) is 0 Å². The second kappa shape index (κ2) is 13.0. The summed E-state index contributed by atoms with van der Waals surface area (Å²) >= 11 is 0. The standard InChI is InChI=1S/C19H26O2Si.C13H12O2/c1-19(2,3)22(4,5)21-18-13-11-17(12-14-18)20-15-16-9-7-6-8-10-16;14-12-6-8-13(9-7-12)15-10-11-4-2-1-3-5-11/h6-14H,15H2,1-5H3;1-9,14H,10H2. The zero-order valence-corrected chi connectivity index (χ0v) is 23.5. The summed E-state index contributed by atoms with van der Waals surface area (Å²) in [7, 11) is -1.78. The number of rotatable bonds is 8. The highest BCUT2D eigenvalue weighted by atomic mass is 28.4. The Kier molecular flexibility index (Phi) is 9.81. The van der Waals surface area contributed by atoms with Gasteiger partial charge in [0.05, 0.1) is 0 Å². The van der Waals surface area contributed by atoms with Crippen LogP contribution in [0.15, 0.2) is 109 Å². The van der Waals surface area contributed by atoms with Gasteiger partial charge in [-0.2, -0.15) is 0 Å². The van der Waals surface area contributed by atoms with E-state index in [-0.39, 0.29) is 10.8 Å². The van der Waals surface area contributed by atoms with Gasteiger partial charge in [-0.05, 0) is 77.8 Å². The average molecular weight is 515 g/mol. The van der Waals surface area contributed by atoms with Gasteiger partial charge in [0.1, 0.15) is 36.2 Å². The van der Waals surface area contributed by atoms with Crippen LogP contribution in [0.5, 0.6) is 23.0 Å². The topological polar surface area (TPSA) is 47.9 Å². The summed E-state index contributed by atoms with van der Waals surface area (Å²) in [6, 6.07) is 34.8. The Labute approximate surface area is 222 Å². The molecule has 1 N–H and O–H groups in total. The van der Waals surface area contributed by atoms with Crippen molar-refractivity contribution < 1.29 is 19.0 Å². The molecule has 0 spiro atoms. The van der Waals surface area contributed by atoms with E-state index in [1.165, 1.54) is 5.56 Å². The third-order valence-corrected chi connectivity index (χ3v) is 10.7. The number of hydrogen-bond acceptors (Lipinski definition) is 4. The molecule has 0 aliphatic carbocycles. The third-order valence-electron chi connectivity index (χ3n) is 6.34. The maximum Gasteiger partial charge on any atom is 0.250 e. The monoisotopic (exact) mass is 514 g/mol. The molecule has 37 heavy (non-hydrogen) atoms. The molecular formula is C32H38O4Si. The fourth-order valence-corrected chi connectivity index (χ4v) is 4.11. The SMILES string of the molecule is CC(C)(C)[Si](C)(C)Oc1ccc(OCc2ccccc2)cc1.Oc1ccc(OCc2ccccc2)cc1. The molecule has 0 atom stereocenters. The molecule has 4 aromatic carbocycles. The second-order valence-electron chi connectivity index (χ2n) is 10.4. The number of phenols is 1. The van der Waals surface area contributed by atoms with E-state index in [2.05, 4.69) is 46.0 Å². The van der Waals surface area contributed by atoms with Gasteiger partial charge in [-0.1, -0.05) is 81.4 Å². The van der Waals surface area contributed by atoms with E-state index in [1.807, 2.05) is 72.8 Å². The van der Waals surface area contributed by atoms with Gasteiger partial charge in [0, 0.05) is 0 Å². The van der Waals surface area contributed by atoms with E-state index < -0.39 is 8.32 Å². The van der Waals surface area contributed by atoms with Gasteiger partial charge in [0.25, 0.3) is 0 Å². The quantitative estimate of drug-likeness (QED) is 0.239. The Morgan fingerprint density at radius 2 is 0.946 bits per heavy atom. The molecule has 4 aromatic rings. The molecule has 4 nitrogen and oxygen atoms in total. The van der Waals surface area contributed by atoms with Crippen molar-refractivity contribution in [2.24, 2.45) is 0 Å². The molecule has 0 aromatic heterocycles. The highest BCUT2D eigenvalue weighted by Crippen LogP contribution is 2.37. The first-order chi connectivity index (χ1) is 17.6. The van der Waals surface area contributed by atoms with Gasteiger partial charge >= 0.3 is 0 Å². The molecule has 0 aliphatic heterocycles. The second-order valence-corrected chi connectivity index (χ2v) is 15.1. The van der Waals surface area contributed by atoms with Crippen molar-refractivity contribution in [3.63, 3.8) is 0 Å². The number of benzene rings is 4. The lowest BCUT2D eigenvalue weighted by molar-refractivity contribution is 0.305. The summed E-state index contributed by atoms with van der Waals surface area (Å²) in [5.74, 6) is 2.81. The van der Waals surface area contributed by atoms with E-state index >= 15 is 0 Å². The van der Waals surface area contributed by atoms with E-state index in [0.717, 1.165) is 22.8 Å². The Bertz CT molecular complexity index is 1180. The maximum atomic E-state index is 9.09. The zero-order valence-electron chi connectivity index (χ0n) is 22.5. The highest BCUT2D eigenvalue weighted by molar-refractivity contribution is 6.74. The van der Waals surface area contributed by atoms with Crippen LogP contribution >= 0.6 is 0 Å². The first-order valence-electron chi connectivity index (χ1n) is 12.5. The Balaban J connectivity index is 0.000000220. The van der Waals surface area contributed by atoms with Crippen molar-refractivity contribution in [3.05, 3.63) is 120 Å². The van der Waals surface area contributed by atoms with Gasteiger partial charge in [-0.25, -0.2) is 0 Å². The van der Waals surface area contributed by atoms with E-state index in [4.69, 9.17) is 19.0 Å². The summed E-state index contributed by atoms with van der Waals surface area (Å²) in [6.07, 6.45) is 0. The van der Waals surface area contributed by atoms with Gasteiger partial charge in [0.2, 0.25) is 8.32 Å². The van der Waals surface area contributed by atoms with Crippen molar-refractivity contribution in [1.29, 1.82) is 0 Å². The molecule has 0 radical (unpaired) electrons. The molecule has 5 heteroatoms. The fraction of sp³-hybridized carbons (Fsp3) is 0.250. The minimum Gasteiger partial charge on any atom is -0.543 e. The third kappa shape index (κ3) is 9.35. The van der Waals surface area contributed by atoms with Crippen LogP contribution in [0.4, 0.5) is 0 Å². The highest BCUT2D eigenvalue weighted by Gasteiger charge is 2.38. The van der Waals surface area contributed by atoms with Crippen molar-refractivity contribution in [2.45, 2.75) is 52.1 Å². The van der Waals surface area contributed by atoms with E-state index in [0.29, 0.717) is 13.2 Å². The van der Waals surface area contributed by atoms with Crippen LogP contribution in [-0.2, 0) is 13.2 Å². The molecule has 194 valence electrons. The van der Waals surface area contributed by atoms with Crippen molar-refractivity contribution >= 4 is 8.32 Å². The van der Waals surface area contributed by atoms with Crippen molar-refractivity contribution in [3.8, 4) is 23.0 Å². The molecule has 0 amide bonds. The molecule has 0 bridgehead atoms. The van der Waals surface area contributed by atoms with Gasteiger partial charge in [-0.15, -0.1) is 0 Å². The number of hydrogen-bond donors (Lipinski definition) is 1. The molecular weight excluding hydrogens is 476 g/mol. The van der Waals surface area contributed by atoms with Crippen LogP contribution in [0.3, 0.4) is 0 Å². The van der Waals surface area contributed by atoms with Crippen LogP contribution < -0.4 is 13.9 Å². The summed E-state index contributed by atoms with van der Waals surface area (Å²) in [4.78, 5) is 0. The first kappa shape index (κ1) is 27.9. The molecule has 0 heterocycles. The lowest BCUT2D eigenvalue weighted by Crippen LogP contribution is -2.43. The molecule has 0 unspecified atom stereocenters. The van der Waals surface area contributed by atoms with Gasteiger partial charge in [0.15, 0.2) is 0 Å². The number of phenolic OH excluding ortho intramolecular Hbond substituents is 1. The molecule has 0 saturated carbocycles. The summed E-state index contributed by atoms with van der Waals surface area (Å²) in [6.45, 7) is 12.4. The fourth-order valence-electron chi connectivity index (χ4n) is 3.08. The Morgan fingerprint density at radius 1 is 0.568 bits per heavy atom. The number of aromatic hydroxyl groups is 1. The molecule has 0 fully saturated rings. The first-order valence-corrected chi connectivity index (χ1v) is 15.4. The summed E-state index contributed by atoms with van der Waals surface area (Å²) in [5.41, 5.74) is 2.30. The van der Waals surface area contributed by atoms with E-state index in [9.17, 15) is 0 Å². The smallest absolute Gasteiger partial charge is 0.250 e. The normalized spacial score (nSPS) is 11.2. The lowest BCUT2D eigenvalue weighted by atomic mass is 10.2. The molecule has 4 rings (SSSR count). The predicted octanol–water partition coefficient (Wildman–Crippen LogP) is 8.62. The van der Waals surface area contributed by atoms with Gasteiger partial charge < -0.3 is 19.0 Å². The summed E-state index contributed by atoms with van der Waals surface area (Å²) in [5, 5.41) is 9.29. The summed E-state index contributed by atoms with van der Waals surface area (Å²) < 4.78 is 17.6. The molecule has 0 aliphatic rings. The van der Waals surface area contributed by atoms with Crippen LogP contribution in [0.25, 0.3) is 0 Å². The largest absolute Gasteiger partial charge is 0.543 e. The van der Waals surface area contributed by atoms with Crippen LogP contribution in [0.1, 0.15) is 31.9 Å². The van der Waals surface area contributed by atoms with Gasteiger partial charge in [-0.3, -0.25) is 0 Å². The Morgan fingerprint density at radius 3 is 1.35 bits per heavy atom. The zero-order chi connectivity index (χ0) is 26.7. The minimum absolute atomic E-state index is 0.204. The van der Waals surface area contributed by atoms with Crippen LogP contribution in [0.2, 0.25) is 18.1 Å². The lowest BCUT2D eigenvalue weighted by Gasteiger charge is -2.36. The van der Waals surface area contributed by atoms with Crippen LogP contribution in [0, 0.1) is 0 Å². The minimum atomic E-state index is -1.78. The number of ether oxygens (including phenoxy) is 2. The maximum absolute atomic E-state index is 9.09. The van der Waals surface area contributed by atoms with Crippen LogP contribution in [-0.4, -0.2) is 13.4 Å². The molecule has 0 saturated heterocycles.